The number of hydrogen-bond donors (Lipinski definition) is 0. The van der Waals surface area contributed by atoms with Crippen molar-refractivity contribution in [3.05, 3.63) is 58.7 Å². The van der Waals surface area contributed by atoms with Gasteiger partial charge in [0, 0.05) is 0 Å². The second kappa shape index (κ2) is 4.85. The van der Waals surface area contributed by atoms with Crippen molar-refractivity contribution < 1.29 is 0 Å². The number of hydrogen-bond acceptors (Lipinski definition) is 0. The largest absolute Gasteiger partial charge is 0.0614 e. The molecule has 100 valence electrons. The molecule has 0 radical (unpaired) electrons. The van der Waals surface area contributed by atoms with E-state index in [4.69, 9.17) is 0 Å². The van der Waals surface area contributed by atoms with Crippen LogP contribution in [0.3, 0.4) is 0 Å². The highest BCUT2D eigenvalue weighted by atomic mass is 14.2. The lowest BCUT2D eigenvalue weighted by atomic mass is 9.84. The average molecular weight is 252 g/mol. The summed E-state index contributed by atoms with van der Waals surface area (Å²) in [6.07, 6.45) is 0. The van der Waals surface area contributed by atoms with E-state index in [2.05, 4.69) is 77.9 Å². The third-order valence-corrected chi connectivity index (χ3v) is 3.69. The molecule has 0 atom stereocenters. The lowest BCUT2D eigenvalue weighted by Crippen LogP contribution is -2.10. The van der Waals surface area contributed by atoms with E-state index in [-0.39, 0.29) is 5.41 Å². The van der Waals surface area contributed by atoms with Gasteiger partial charge in [-0.3, -0.25) is 0 Å². The first-order valence-electron chi connectivity index (χ1n) is 6.98. The van der Waals surface area contributed by atoms with Crippen molar-refractivity contribution in [2.75, 3.05) is 0 Å². The highest BCUT2D eigenvalue weighted by molar-refractivity contribution is 5.72. The smallest absolute Gasteiger partial charge is 0.0125 e. The van der Waals surface area contributed by atoms with Gasteiger partial charge in [-0.2, -0.15) is 0 Å². The Kier molecular flexibility index (Phi) is 3.54. The minimum absolute atomic E-state index is 0.197. The molecule has 0 saturated carbocycles. The van der Waals surface area contributed by atoms with Crippen molar-refractivity contribution in [3.8, 4) is 11.1 Å². The Morgan fingerprint density at radius 2 is 1.37 bits per heavy atom. The molecule has 0 amide bonds. The summed E-state index contributed by atoms with van der Waals surface area (Å²) in [5, 5.41) is 0. The predicted molar refractivity (Wildman–Crippen MR) is 84.8 cm³/mol. The van der Waals surface area contributed by atoms with Crippen molar-refractivity contribution in [2.45, 2.75) is 47.0 Å². The molecule has 2 aromatic carbocycles. The first kappa shape index (κ1) is 13.9. The molecular weight excluding hydrogens is 228 g/mol. The standard InChI is InChI=1S/C19H24/c1-13-10-14(2)18(15(3)11-13)16-8-7-9-17(12-16)19(4,5)6/h7-12H,1-6H3. The maximum atomic E-state index is 2.34. The molecule has 0 unspecified atom stereocenters. The molecule has 0 aromatic heterocycles. The second-order valence-corrected chi connectivity index (χ2v) is 6.60. The third-order valence-electron chi connectivity index (χ3n) is 3.69. The van der Waals surface area contributed by atoms with Crippen LogP contribution in [0.15, 0.2) is 36.4 Å². The predicted octanol–water partition coefficient (Wildman–Crippen LogP) is 5.58. The third kappa shape index (κ3) is 2.89. The highest BCUT2D eigenvalue weighted by Crippen LogP contribution is 2.31. The van der Waals surface area contributed by atoms with Gasteiger partial charge in [0.2, 0.25) is 0 Å². The summed E-state index contributed by atoms with van der Waals surface area (Å²) in [6, 6.07) is 13.5. The van der Waals surface area contributed by atoms with E-state index in [1.165, 1.54) is 33.4 Å². The Morgan fingerprint density at radius 3 is 1.89 bits per heavy atom. The van der Waals surface area contributed by atoms with Gasteiger partial charge in [0.1, 0.15) is 0 Å². The summed E-state index contributed by atoms with van der Waals surface area (Å²) in [4.78, 5) is 0. The normalized spacial score (nSPS) is 11.7. The number of benzene rings is 2. The lowest BCUT2D eigenvalue weighted by molar-refractivity contribution is 0.590. The van der Waals surface area contributed by atoms with Crippen molar-refractivity contribution in [1.82, 2.24) is 0 Å². The van der Waals surface area contributed by atoms with Gasteiger partial charge >= 0.3 is 0 Å². The van der Waals surface area contributed by atoms with Crippen molar-refractivity contribution >= 4 is 0 Å². The second-order valence-electron chi connectivity index (χ2n) is 6.60. The van der Waals surface area contributed by atoms with Crippen LogP contribution in [0.4, 0.5) is 0 Å². The molecule has 2 rings (SSSR count). The van der Waals surface area contributed by atoms with Crippen LogP contribution in [0, 0.1) is 20.8 Å². The van der Waals surface area contributed by atoms with Gasteiger partial charge in [0.15, 0.2) is 0 Å². The zero-order chi connectivity index (χ0) is 14.2. The Hall–Kier alpha value is -1.56. The molecule has 0 aliphatic rings. The zero-order valence-electron chi connectivity index (χ0n) is 13.0. The summed E-state index contributed by atoms with van der Waals surface area (Å²) < 4.78 is 0. The fraction of sp³-hybridized carbons (Fsp3) is 0.368. The first-order chi connectivity index (χ1) is 8.79. The first-order valence-corrected chi connectivity index (χ1v) is 6.98. The van der Waals surface area contributed by atoms with Crippen LogP contribution in [-0.2, 0) is 5.41 Å². The van der Waals surface area contributed by atoms with Crippen LogP contribution < -0.4 is 0 Å². The van der Waals surface area contributed by atoms with Crippen LogP contribution >= 0.6 is 0 Å². The van der Waals surface area contributed by atoms with Crippen molar-refractivity contribution in [3.63, 3.8) is 0 Å². The van der Waals surface area contributed by atoms with Gasteiger partial charge in [-0.15, -0.1) is 0 Å². The van der Waals surface area contributed by atoms with Gasteiger partial charge in [-0.05, 0) is 54.0 Å². The molecule has 19 heavy (non-hydrogen) atoms. The molecule has 0 N–H and O–H groups in total. The fourth-order valence-electron chi connectivity index (χ4n) is 2.78. The van der Waals surface area contributed by atoms with E-state index in [1.807, 2.05) is 0 Å². The zero-order valence-corrected chi connectivity index (χ0v) is 13.0. The minimum Gasteiger partial charge on any atom is -0.0614 e. The summed E-state index contributed by atoms with van der Waals surface area (Å²) in [7, 11) is 0. The molecule has 0 fully saturated rings. The van der Waals surface area contributed by atoms with E-state index in [9.17, 15) is 0 Å². The van der Waals surface area contributed by atoms with Crippen molar-refractivity contribution in [2.24, 2.45) is 0 Å². The molecule has 0 bridgehead atoms. The van der Waals surface area contributed by atoms with Crippen LogP contribution in [0.25, 0.3) is 11.1 Å². The highest BCUT2D eigenvalue weighted by Gasteiger charge is 2.15. The van der Waals surface area contributed by atoms with Gasteiger partial charge < -0.3 is 0 Å². The molecule has 0 nitrogen and oxygen atoms in total. The lowest BCUT2D eigenvalue weighted by Gasteiger charge is -2.21. The van der Waals surface area contributed by atoms with Gasteiger partial charge in [0.25, 0.3) is 0 Å². The van der Waals surface area contributed by atoms with Crippen LogP contribution in [0.2, 0.25) is 0 Å². The van der Waals surface area contributed by atoms with Gasteiger partial charge in [0.05, 0.1) is 0 Å². The summed E-state index contributed by atoms with van der Waals surface area (Å²) in [6.45, 7) is 13.4. The monoisotopic (exact) mass is 252 g/mol. The molecule has 0 aliphatic carbocycles. The topological polar surface area (TPSA) is 0 Å². The van der Waals surface area contributed by atoms with Crippen LogP contribution in [0.1, 0.15) is 43.0 Å². The van der Waals surface area contributed by atoms with Crippen LogP contribution in [0.5, 0.6) is 0 Å². The maximum absolute atomic E-state index is 2.34. The summed E-state index contributed by atoms with van der Waals surface area (Å²) >= 11 is 0. The number of aryl methyl sites for hydroxylation is 3. The molecule has 2 aromatic rings. The molecule has 0 saturated heterocycles. The average Bonchev–Trinajstić information content (AvgIpc) is 2.26. The Labute approximate surface area is 117 Å². The van der Waals surface area contributed by atoms with E-state index in [1.54, 1.807) is 0 Å². The fourth-order valence-corrected chi connectivity index (χ4v) is 2.78. The van der Waals surface area contributed by atoms with E-state index in [0.29, 0.717) is 0 Å². The number of rotatable bonds is 1. The summed E-state index contributed by atoms with van der Waals surface area (Å²) in [5.74, 6) is 0. The maximum Gasteiger partial charge on any atom is -0.0125 e. The minimum atomic E-state index is 0.197. The van der Waals surface area contributed by atoms with Gasteiger partial charge in [-0.1, -0.05) is 62.7 Å². The van der Waals surface area contributed by atoms with Crippen LogP contribution in [-0.4, -0.2) is 0 Å². The van der Waals surface area contributed by atoms with Gasteiger partial charge in [-0.25, -0.2) is 0 Å². The Morgan fingerprint density at radius 1 is 0.789 bits per heavy atom. The molecular formula is C19H24. The molecule has 0 heterocycles. The van der Waals surface area contributed by atoms with E-state index in [0.717, 1.165) is 0 Å². The molecule has 0 heteroatoms. The Balaban J connectivity index is 2.60. The SMILES string of the molecule is Cc1cc(C)c(-c2cccc(C(C)(C)C)c2)c(C)c1. The van der Waals surface area contributed by atoms with E-state index >= 15 is 0 Å². The molecule has 0 aliphatic heterocycles. The molecule has 0 spiro atoms. The quantitative estimate of drug-likeness (QED) is 0.622. The van der Waals surface area contributed by atoms with E-state index < -0.39 is 0 Å². The summed E-state index contributed by atoms with van der Waals surface area (Å²) in [5.41, 5.74) is 8.38. The Bertz CT molecular complexity index is 575. The van der Waals surface area contributed by atoms with Crippen molar-refractivity contribution in [1.29, 1.82) is 0 Å².